The van der Waals surface area contributed by atoms with Crippen LogP contribution >= 0.6 is 0 Å². The van der Waals surface area contributed by atoms with Crippen LogP contribution in [0.25, 0.3) is 0 Å². The summed E-state index contributed by atoms with van der Waals surface area (Å²) in [6.45, 7) is 0. The standard InChI is InChI=1S/C13H13N3O4/c14-7-8-4-5-11(12(6-8)16(19)20)15-10-3-1-2-9(10)13(17)18/h4-6,9-10,15H,1-3H2,(H,17,18). The van der Waals surface area contributed by atoms with E-state index in [1.165, 1.54) is 18.2 Å². The Hall–Kier alpha value is -2.62. The van der Waals surface area contributed by atoms with Crippen molar-refractivity contribution in [1.29, 1.82) is 5.26 Å². The zero-order valence-corrected chi connectivity index (χ0v) is 10.6. The van der Waals surface area contributed by atoms with Crippen LogP contribution in [-0.2, 0) is 4.79 Å². The van der Waals surface area contributed by atoms with Crippen LogP contribution in [0.3, 0.4) is 0 Å². The number of nitrogens with zero attached hydrogens (tertiary/aromatic N) is 2. The van der Waals surface area contributed by atoms with Crippen molar-refractivity contribution in [2.75, 3.05) is 5.32 Å². The van der Waals surface area contributed by atoms with Gasteiger partial charge in [0.1, 0.15) is 5.69 Å². The Morgan fingerprint density at radius 3 is 2.85 bits per heavy atom. The lowest BCUT2D eigenvalue weighted by Gasteiger charge is -2.18. The number of nitro benzene ring substituents is 1. The molecular weight excluding hydrogens is 262 g/mol. The van der Waals surface area contributed by atoms with E-state index in [1.807, 2.05) is 6.07 Å². The summed E-state index contributed by atoms with van der Waals surface area (Å²) in [7, 11) is 0. The Morgan fingerprint density at radius 1 is 1.50 bits per heavy atom. The topological polar surface area (TPSA) is 116 Å². The maximum atomic E-state index is 11.1. The molecular formula is C13H13N3O4. The number of rotatable bonds is 4. The molecule has 1 saturated carbocycles. The molecule has 2 unspecified atom stereocenters. The summed E-state index contributed by atoms with van der Waals surface area (Å²) in [5.41, 5.74) is 0.246. The maximum absolute atomic E-state index is 11.1. The van der Waals surface area contributed by atoms with Gasteiger partial charge in [-0.15, -0.1) is 0 Å². The fourth-order valence-electron chi connectivity index (χ4n) is 2.50. The molecule has 0 amide bonds. The Bertz CT molecular complexity index is 594. The summed E-state index contributed by atoms with van der Waals surface area (Å²) < 4.78 is 0. The molecule has 1 fully saturated rings. The van der Waals surface area contributed by atoms with E-state index < -0.39 is 16.8 Å². The molecule has 7 heteroatoms. The highest BCUT2D eigenvalue weighted by molar-refractivity contribution is 5.73. The lowest BCUT2D eigenvalue weighted by Crippen LogP contribution is -2.30. The molecule has 1 aliphatic rings. The van der Waals surface area contributed by atoms with Crippen molar-refractivity contribution in [3.05, 3.63) is 33.9 Å². The number of nitriles is 1. The van der Waals surface area contributed by atoms with E-state index in [1.54, 1.807) is 0 Å². The Balaban J connectivity index is 2.27. The van der Waals surface area contributed by atoms with Crippen molar-refractivity contribution >= 4 is 17.3 Å². The smallest absolute Gasteiger partial charge is 0.308 e. The molecule has 0 saturated heterocycles. The van der Waals surface area contributed by atoms with Crippen molar-refractivity contribution in [3.8, 4) is 6.07 Å². The van der Waals surface area contributed by atoms with E-state index in [0.717, 1.165) is 6.42 Å². The lowest BCUT2D eigenvalue weighted by atomic mass is 10.0. The van der Waals surface area contributed by atoms with Crippen LogP contribution < -0.4 is 5.32 Å². The SMILES string of the molecule is N#Cc1ccc(NC2CCCC2C(=O)O)c([N+](=O)[O-])c1. The first-order valence-corrected chi connectivity index (χ1v) is 6.21. The monoisotopic (exact) mass is 275 g/mol. The minimum absolute atomic E-state index is 0.198. The Morgan fingerprint density at radius 2 is 2.25 bits per heavy atom. The molecule has 0 radical (unpaired) electrons. The molecule has 0 bridgehead atoms. The largest absolute Gasteiger partial charge is 0.481 e. The van der Waals surface area contributed by atoms with Crippen molar-refractivity contribution in [1.82, 2.24) is 0 Å². The highest BCUT2D eigenvalue weighted by Gasteiger charge is 2.33. The summed E-state index contributed by atoms with van der Waals surface area (Å²) in [6, 6.07) is 5.64. The third kappa shape index (κ3) is 2.69. The first-order chi connectivity index (χ1) is 9.52. The number of benzene rings is 1. The van der Waals surface area contributed by atoms with Crippen LogP contribution in [0.1, 0.15) is 24.8 Å². The number of nitrogens with one attached hydrogen (secondary N) is 1. The molecule has 0 aromatic heterocycles. The van der Waals surface area contributed by atoms with Gasteiger partial charge in [-0.05, 0) is 25.0 Å². The van der Waals surface area contributed by atoms with Crippen LogP contribution in [0.5, 0.6) is 0 Å². The number of hydrogen-bond donors (Lipinski definition) is 2. The first-order valence-electron chi connectivity index (χ1n) is 6.21. The highest BCUT2D eigenvalue weighted by Crippen LogP contribution is 2.32. The van der Waals surface area contributed by atoms with Gasteiger partial charge in [0.15, 0.2) is 0 Å². The van der Waals surface area contributed by atoms with Crippen molar-refractivity contribution < 1.29 is 14.8 Å². The van der Waals surface area contributed by atoms with Crippen molar-refractivity contribution in [2.24, 2.45) is 5.92 Å². The van der Waals surface area contributed by atoms with E-state index in [4.69, 9.17) is 10.4 Å². The second-order valence-electron chi connectivity index (χ2n) is 4.73. The fraction of sp³-hybridized carbons (Fsp3) is 0.385. The lowest BCUT2D eigenvalue weighted by molar-refractivity contribution is -0.384. The zero-order chi connectivity index (χ0) is 14.7. The number of nitro groups is 1. The average molecular weight is 275 g/mol. The molecule has 20 heavy (non-hydrogen) atoms. The van der Waals surface area contributed by atoms with Gasteiger partial charge in [-0.2, -0.15) is 5.26 Å². The molecule has 104 valence electrons. The van der Waals surface area contributed by atoms with Crippen molar-refractivity contribution in [2.45, 2.75) is 25.3 Å². The van der Waals surface area contributed by atoms with Gasteiger partial charge in [0.05, 0.1) is 22.5 Å². The van der Waals surface area contributed by atoms with Crippen LogP contribution in [0.2, 0.25) is 0 Å². The first kappa shape index (κ1) is 13.8. The van der Waals surface area contributed by atoms with E-state index in [9.17, 15) is 14.9 Å². The molecule has 0 aliphatic heterocycles. The summed E-state index contributed by atoms with van der Waals surface area (Å²) in [6.07, 6.45) is 2.00. The molecule has 0 heterocycles. The van der Waals surface area contributed by atoms with Gasteiger partial charge >= 0.3 is 5.97 Å². The van der Waals surface area contributed by atoms with Crippen LogP contribution in [-0.4, -0.2) is 22.0 Å². The summed E-state index contributed by atoms with van der Waals surface area (Å²) >= 11 is 0. The molecule has 2 atom stereocenters. The Kier molecular flexibility index (Phi) is 3.84. The van der Waals surface area contributed by atoms with E-state index in [2.05, 4.69) is 5.32 Å². The van der Waals surface area contributed by atoms with Crippen LogP contribution in [0.15, 0.2) is 18.2 Å². The third-order valence-corrected chi connectivity index (χ3v) is 3.50. The minimum Gasteiger partial charge on any atom is -0.481 e. The summed E-state index contributed by atoms with van der Waals surface area (Å²) in [5.74, 6) is -1.43. The Labute approximate surface area is 115 Å². The molecule has 7 nitrogen and oxygen atoms in total. The molecule has 2 rings (SSSR count). The molecule has 0 spiro atoms. The second kappa shape index (κ2) is 5.57. The quantitative estimate of drug-likeness (QED) is 0.642. The van der Waals surface area contributed by atoms with Crippen LogP contribution in [0, 0.1) is 27.4 Å². The number of carboxylic acid groups (broad SMARTS) is 1. The number of hydrogen-bond acceptors (Lipinski definition) is 5. The number of carboxylic acids is 1. The molecule has 1 aliphatic carbocycles. The van der Waals surface area contributed by atoms with Gasteiger partial charge in [-0.25, -0.2) is 0 Å². The van der Waals surface area contributed by atoms with Gasteiger partial charge in [-0.3, -0.25) is 14.9 Å². The summed E-state index contributed by atoms with van der Waals surface area (Å²) in [5, 5.41) is 31.8. The predicted octanol–water partition coefficient (Wildman–Crippen LogP) is 2.13. The second-order valence-corrected chi connectivity index (χ2v) is 4.73. The fourth-order valence-corrected chi connectivity index (χ4v) is 2.50. The number of carbonyl (C=O) groups is 1. The number of anilines is 1. The third-order valence-electron chi connectivity index (χ3n) is 3.50. The van der Waals surface area contributed by atoms with Gasteiger partial charge in [0, 0.05) is 12.1 Å². The maximum Gasteiger partial charge on any atom is 0.308 e. The normalized spacial score (nSPS) is 21.1. The van der Waals surface area contributed by atoms with Gasteiger partial charge in [0.2, 0.25) is 0 Å². The molecule has 2 N–H and O–H groups in total. The van der Waals surface area contributed by atoms with E-state index >= 15 is 0 Å². The molecule has 1 aromatic carbocycles. The van der Waals surface area contributed by atoms with Gasteiger partial charge in [-0.1, -0.05) is 6.42 Å². The van der Waals surface area contributed by atoms with Gasteiger partial charge in [0.25, 0.3) is 5.69 Å². The molecule has 1 aromatic rings. The van der Waals surface area contributed by atoms with E-state index in [-0.39, 0.29) is 23.0 Å². The van der Waals surface area contributed by atoms with Gasteiger partial charge < -0.3 is 10.4 Å². The van der Waals surface area contributed by atoms with Crippen LogP contribution in [0.4, 0.5) is 11.4 Å². The highest BCUT2D eigenvalue weighted by atomic mass is 16.6. The predicted molar refractivity (Wildman–Crippen MR) is 70.2 cm³/mol. The average Bonchev–Trinajstić information content (AvgIpc) is 2.87. The minimum atomic E-state index is -0.892. The van der Waals surface area contributed by atoms with Crippen molar-refractivity contribution in [3.63, 3.8) is 0 Å². The number of aliphatic carboxylic acids is 1. The van der Waals surface area contributed by atoms with E-state index in [0.29, 0.717) is 12.8 Å². The summed E-state index contributed by atoms with van der Waals surface area (Å²) in [4.78, 5) is 21.5. The zero-order valence-electron chi connectivity index (χ0n) is 10.6.